The highest BCUT2D eigenvalue weighted by Gasteiger charge is 2.10. The molecule has 0 spiro atoms. The Morgan fingerprint density at radius 1 is 1.05 bits per heavy atom. The molecule has 4 heteroatoms. The SMILES string of the molecule is CCCCCOc1ccc(C(=O)CCC(=O)N(C)C)cc1. The second-order valence-corrected chi connectivity index (χ2v) is 5.29. The van der Waals surface area contributed by atoms with E-state index in [-0.39, 0.29) is 24.5 Å². The summed E-state index contributed by atoms with van der Waals surface area (Å²) < 4.78 is 5.60. The number of amides is 1. The summed E-state index contributed by atoms with van der Waals surface area (Å²) in [5.74, 6) is 0.744. The first-order valence-corrected chi connectivity index (χ1v) is 7.50. The maximum Gasteiger partial charge on any atom is 0.222 e. The van der Waals surface area contributed by atoms with Crippen LogP contribution in [0.4, 0.5) is 0 Å². The Labute approximate surface area is 127 Å². The highest BCUT2D eigenvalue weighted by molar-refractivity contribution is 5.98. The molecule has 1 amide bonds. The zero-order valence-corrected chi connectivity index (χ0v) is 13.2. The van der Waals surface area contributed by atoms with Crippen LogP contribution in [-0.4, -0.2) is 37.3 Å². The molecule has 1 aromatic rings. The van der Waals surface area contributed by atoms with Crippen molar-refractivity contribution in [3.8, 4) is 5.75 Å². The van der Waals surface area contributed by atoms with Crippen LogP contribution < -0.4 is 4.74 Å². The van der Waals surface area contributed by atoms with Crippen LogP contribution >= 0.6 is 0 Å². The number of rotatable bonds is 9. The lowest BCUT2D eigenvalue weighted by Gasteiger charge is -2.09. The quantitative estimate of drug-likeness (QED) is 0.518. The summed E-state index contributed by atoms with van der Waals surface area (Å²) in [4.78, 5) is 24.9. The molecule has 1 aromatic carbocycles. The normalized spacial score (nSPS) is 10.2. The molecule has 0 saturated carbocycles. The number of Topliss-reactive ketones (excluding diaryl/α,β-unsaturated/α-hetero) is 1. The number of carbonyl (C=O) groups is 2. The predicted molar refractivity (Wildman–Crippen MR) is 83.7 cm³/mol. The molecule has 0 unspecified atom stereocenters. The Hall–Kier alpha value is -1.84. The zero-order valence-electron chi connectivity index (χ0n) is 13.2. The average Bonchev–Trinajstić information content (AvgIpc) is 2.49. The molecule has 0 aromatic heterocycles. The number of hydrogen-bond donors (Lipinski definition) is 0. The number of nitrogens with zero attached hydrogens (tertiary/aromatic N) is 1. The van der Waals surface area contributed by atoms with E-state index in [0.717, 1.165) is 18.6 Å². The first kappa shape index (κ1) is 17.2. The van der Waals surface area contributed by atoms with E-state index in [2.05, 4.69) is 6.92 Å². The summed E-state index contributed by atoms with van der Waals surface area (Å²) in [6.07, 6.45) is 3.87. The van der Waals surface area contributed by atoms with Crippen molar-refractivity contribution in [2.75, 3.05) is 20.7 Å². The van der Waals surface area contributed by atoms with Crippen LogP contribution in [0.1, 0.15) is 49.4 Å². The van der Waals surface area contributed by atoms with Crippen LogP contribution in [0, 0.1) is 0 Å². The van der Waals surface area contributed by atoms with Gasteiger partial charge in [-0.25, -0.2) is 0 Å². The Kier molecular flexibility index (Phi) is 7.51. The van der Waals surface area contributed by atoms with Crippen LogP contribution in [0.3, 0.4) is 0 Å². The Bertz CT molecular complexity index is 452. The van der Waals surface area contributed by atoms with E-state index in [1.54, 1.807) is 26.2 Å². The van der Waals surface area contributed by atoms with Crippen LogP contribution in [0.5, 0.6) is 5.75 Å². The van der Waals surface area contributed by atoms with E-state index in [0.29, 0.717) is 12.2 Å². The van der Waals surface area contributed by atoms with E-state index >= 15 is 0 Å². The molecule has 0 radical (unpaired) electrons. The molecule has 0 N–H and O–H groups in total. The molecule has 0 atom stereocenters. The maximum atomic E-state index is 12.0. The predicted octanol–water partition coefficient (Wildman–Crippen LogP) is 3.31. The molecule has 0 fully saturated rings. The average molecular weight is 291 g/mol. The van der Waals surface area contributed by atoms with Crippen LogP contribution in [0.25, 0.3) is 0 Å². The number of unbranched alkanes of at least 4 members (excludes halogenated alkanes) is 2. The van der Waals surface area contributed by atoms with Gasteiger partial charge in [-0.2, -0.15) is 0 Å². The second kappa shape index (κ2) is 9.16. The third kappa shape index (κ3) is 6.43. The van der Waals surface area contributed by atoms with Crippen molar-refractivity contribution in [1.29, 1.82) is 0 Å². The van der Waals surface area contributed by atoms with Gasteiger partial charge in [-0.15, -0.1) is 0 Å². The number of ether oxygens (including phenoxy) is 1. The fraction of sp³-hybridized carbons (Fsp3) is 0.529. The Morgan fingerprint density at radius 3 is 2.29 bits per heavy atom. The van der Waals surface area contributed by atoms with Crippen LogP contribution in [0.2, 0.25) is 0 Å². The molecule has 21 heavy (non-hydrogen) atoms. The number of hydrogen-bond acceptors (Lipinski definition) is 3. The van der Waals surface area contributed by atoms with Gasteiger partial charge in [0.15, 0.2) is 5.78 Å². The first-order valence-electron chi connectivity index (χ1n) is 7.50. The fourth-order valence-corrected chi connectivity index (χ4v) is 1.87. The molecule has 4 nitrogen and oxygen atoms in total. The van der Waals surface area contributed by atoms with E-state index in [1.807, 2.05) is 12.1 Å². The van der Waals surface area contributed by atoms with E-state index in [1.165, 1.54) is 11.3 Å². The summed E-state index contributed by atoms with van der Waals surface area (Å²) in [7, 11) is 3.38. The minimum atomic E-state index is -0.0285. The lowest BCUT2D eigenvalue weighted by Crippen LogP contribution is -2.22. The van der Waals surface area contributed by atoms with Crippen molar-refractivity contribution in [2.45, 2.75) is 39.0 Å². The van der Waals surface area contributed by atoms with Gasteiger partial charge in [0.05, 0.1) is 6.61 Å². The van der Waals surface area contributed by atoms with Crippen LogP contribution in [-0.2, 0) is 4.79 Å². The minimum Gasteiger partial charge on any atom is -0.494 e. The van der Waals surface area contributed by atoms with E-state index in [9.17, 15) is 9.59 Å². The standard InChI is InChI=1S/C17H25NO3/c1-4-5-6-13-21-15-9-7-14(8-10-15)16(19)11-12-17(20)18(2)3/h7-10H,4-6,11-13H2,1-3H3. The highest BCUT2D eigenvalue weighted by Crippen LogP contribution is 2.15. The van der Waals surface area contributed by atoms with Gasteiger partial charge in [0.1, 0.15) is 5.75 Å². The molecule has 0 saturated heterocycles. The highest BCUT2D eigenvalue weighted by atomic mass is 16.5. The molecular weight excluding hydrogens is 266 g/mol. The van der Waals surface area contributed by atoms with Crippen molar-refractivity contribution in [3.63, 3.8) is 0 Å². The van der Waals surface area contributed by atoms with E-state index < -0.39 is 0 Å². The van der Waals surface area contributed by atoms with Gasteiger partial charge in [-0.3, -0.25) is 9.59 Å². The van der Waals surface area contributed by atoms with Crippen molar-refractivity contribution < 1.29 is 14.3 Å². The fourth-order valence-electron chi connectivity index (χ4n) is 1.87. The molecule has 0 aliphatic carbocycles. The second-order valence-electron chi connectivity index (χ2n) is 5.29. The van der Waals surface area contributed by atoms with Crippen molar-refractivity contribution in [3.05, 3.63) is 29.8 Å². The first-order chi connectivity index (χ1) is 10.0. The summed E-state index contributed by atoms with van der Waals surface area (Å²) in [5.41, 5.74) is 0.627. The molecule has 0 bridgehead atoms. The number of ketones is 1. The third-order valence-electron chi connectivity index (χ3n) is 3.26. The number of benzene rings is 1. The Balaban J connectivity index is 2.42. The van der Waals surface area contributed by atoms with Crippen molar-refractivity contribution >= 4 is 11.7 Å². The molecule has 0 aliphatic heterocycles. The van der Waals surface area contributed by atoms with Gasteiger partial charge in [-0.1, -0.05) is 19.8 Å². The lowest BCUT2D eigenvalue weighted by atomic mass is 10.1. The Morgan fingerprint density at radius 2 is 1.71 bits per heavy atom. The zero-order chi connectivity index (χ0) is 15.7. The molecule has 0 aliphatic rings. The van der Waals surface area contributed by atoms with Gasteiger partial charge in [0, 0.05) is 32.5 Å². The van der Waals surface area contributed by atoms with Crippen LogP contribution in [0.15, 0.2) is 24.3 Å². The van der Waals surface area contributed by atoms with Gasteiger partial charge >= 0.3 is 0 Å². The smallest absolute Gasteiger partial charge is 0.222 e. The van der Waals surface area contributed by atoms with Gasteiger partial charge in [0.2, 0.25) is 5.91 Å². The topological polar surface area (TPSA) is 46.6 Å². The molecule has 1 rings (SSSR count). The largest absolute Gasteiger partial charge is 0.494 e. The minimum absolute atomic E-state index is 0.0114. The summed E-state index contributed by atoms with van der Waals surface area (Å²) in [6, 6.07) is 7.15. The molecular formula is C17H25NO3. The molecule has 116 valence electrons. The number of carbonyl (C=O) groups excluding carboxylic acids is 2. The summed E-state index contributed by atoms with van der Waals surface area (Å²) in [6.45, 7) is 2.86. The van der Waals surface area contributed by atoms with E-state index in [4.69, 9.17) is 4.74 Å². The summed E-state index contributed by atoms with van der Waals surface area (Å²) >= 11 is 0. The van der Waals surface area contributed by atoms with Gasteiger partial charge in [0.25, 0.3) is 0 Å². The molecule has 0 heterocycles. The van der Waals surface area contributed by atoms with Gasteiger partial charge in [-0.05, 0) is 30.7 Å². The summed E-state index contributed by atoms with van der Waals surface area (Å²) in [5, 5.41) is 0. The monoisotopic (exact) mass is 291 g/mol. The van der Waals surface area contributed by atoms with Gasteiger partial charge < -0.3 is 9.64 Å². The maximum absolute atomic E-state index is 12.0. The van der Waals surface area contributed by atoms with Crippen molar-refractivity contribution in [2.24, 2.45) is 0 Å². The lowest BCUT2D eigenvalue weighted by molar-refractivity contribution is -0.128. The van der Waals surface area contributed by atoms with Crippen molar-refractivity contribution in [1.82, 2.24) is 4.90 Å². The third-order valence-corrected chi connectivity index (χ3v) is 3.26.